The topological polar surface area (TPSA) is 61.9 Å². The minimum atomic E-state index is 0.315. The van der Waals surface area contributed by atoms with Crippen LogP contribution in [-0.4, -0.2) is 11.5 Å². The summed E-state index contributed by atoms with van der Waals surface area (Å²) in [5.41, 5.74) is 1.56. The van der Waals surface area contributed by atoms with Gasteiger partial charge in [-0.2, -0.15) is 5.26 Å². The first-order valence-corrected chi connectivity index (χ1v) is 5.45. The van der Waals surface area contributed by atoms with E-state index in [9.17, 15) is 0 Å². The first-order chi connectivity index (χ1) is 8.29. The van der Waals surface area contributed by atoms with Gasteiger partial charge in [0.2, 0.25) is 11.6 Å². The average molecular weight is 227 g/mol. The molecule has 4 heteroatoms. The van der Waals surface area contributed by atoms with Crippen molar-refractivity contribution in [3.8, 4) is 6.07 Å². The van der Waals surface area contributed by atoms with Gasteiger partial charge in [-0.25, -0.2) is 4.98 Å². The third kappa shape index (κ3) is 2.85. The fourth-order valence-electron chi connectivity index (χ4n) is 1.59. The molecule has 0 spiro atoms. The van der Waals surface area contributed by atoms with E-state index in [4.69, 9.17) is 9.68 Å². The van der Waals surface area contributed by atoms with Crippen LogP contribution in [0.25, 0.3) is 0 Å². The summed E-state index contributed by atoms with van der Waals surface area (Å²) in [5.74, 6) is 0.963. The molecule has 0 saturated carbocycles. The Morgan fingerprint density at radius 3 is 2.82 bits per heavy atom. The second-order valence-corrected chi connectivity index (χ2v) is 3.68. The van der Waals surface area contributed by atoms with Gasteiger partial charge in [-0.05, 0) is 12.0 Å². The molecule has 0 aliphatic rings. The summed E-state index contributed by atoms with van der Waals surface area (Å²) in [5, 5.41) is 11.9. The lowest BCUT2D eigenvalue weighted by Crippen LogP contribution is -2.05. The van der Waals surface area contributed by atoms with Crippen LogP contribution in [-0.2, 0) is 6.42 Å². The van der Waals surface area contributed by atoms with Gasteiger partial charge in [-0.3, -0.25) is 0 Å². The second kappa shape index (κ2) is 5.17. The summed E-state index contributed by atoms with van der Waals surface area (Å²) >= 11 is 0. The molecule has 1 aromatic carbocycles. The fourth-order valence-corrected chi connectivity index (χ4v) is 1.59. The molecule has 2 aromatic rings. The van der Waals surface area contributed by atoms with Crippen LogP contribution < -0.4 is 5.32 Å². The Bertz CT molecular complexity index is 525. The number of aryl methyl sites for hydroxylation is 1. The molecule has 0 radical (unpaired) electrons. The van der Waals surface area contributed by atoms with E-state index >= 15 is 0 Å². The highest BCUT2D eigenvalue weighted by atomic mass is 16.4. The number of aromatic nitrogens is 1. The normalized spacial score (nSPS) is 9.88. The van der Waals surface area contributed by atoms with E-state index in [-0.39, 0.29) is 0 Å². The van der Waals surface area contributed by atoms with Crippen molar-refractivity contribution in [3.63, 3.8) is 0 Å². The lowest BCUT2D eigenvalue weighted by Gasteiger charge is -2.02. The number of rotatable bonds is 4. The van der Waals surface area contributed by atoms with Crippen LogP contribution in [0.4, 0.5) is 5.88 Å². The Hall–Kier alpha value is -2.28. The summed E-state index contributed by atoms with van der Waals surface area (Å²) < 4.78 is 5.30. The van der Waals surface area contributed by atoms with Crippen molar-refractivity contribution in [3.05, 3.63) is 47.5 Å². The van der Waals surface area contributed by atoms with Crippen molar-refractivity contribution in [2.75, 3.05) is 11.9 Å². The molecule has 0 amide bonds. The highest BCUT2D eigenvalue weighted by Gasteiger charge is 2.09. The van der Waals surface area contributed by atoms with E-state index in [2.05, 4.69) is 22.4 Å². The molecule has 0 saturated heterocycles. The third-order valence-electron chi connectivity index (χ3n) is 2.38. The van der Waals surface area contributed by atoms with E-state index in [0.29, 0.717) is 24.0 Å². The monoisotopic (exact) mass is 227 g/mol. The molecular weight excluding hydrogens is 214 g/mol. The minimum absolute atomic E-state index is 0.315. The molecule has 1 N–H and O–H groups in total. The van der Waals surface area contributed by atoms with E-state index < -0.39 is 0 Å². The van der Waals surface area contributed by atoms with Gasteiger partial charge in [-0.15, -0.1) is 0 Å². The molecule has 0 aliphatic carbocycles. The van der Waals surface area contributed by atoms with Crippen LogP contribution in [0.3, 0.4) is 0 Å². The van der Waals surface area contributed by atoms with Crippen LogP contribution in [0.5, 0.6) is 0 Å². The molecule has 4 nitrogen and oxygen atoms in total. The van der Waals surface area contributed by atoms with Crippen LogP contribution in [0, 0.1) is 18.3 Å². The summed E-state index contributed by atoms with van der Waals surface area (Å²) in [4.78, 5) is 3.96. The summed E-state index contributed by atoms with van der Waals surface area (Å²) in [6, 6.07) is 12.1. The Balaban J connectivity index is 1.93. The molecule has 0 fully saturated rings. The standard InChI is InChI=1S/C13H13N3O/c1-10-16-12(9-14)13(17-10)15-8-7-11-5-3-2-4-6-11/h2-6,15H,7-8H2,1H3. The molecule has 17 heavy (non-hydrogen) atoms. The van der Waals surface area contributed by atoms with E-state index in [0.717, 1.165) is 6.42 Å². The molecule has 86 valence electrons. The van der Waals surface area contributed by atoms with Crippen LogP contribution >= 0.6 is 0 Å². The van der Waals surface area contributed by atoms with Crippen molar-refractivity contribution in [1.82, 2.24) is 4.98 Å². The van der Waals surface area contributed by atoms with Gasteiger partial charge in [0, 0.05) is 13.5 Å². The van der Waals surface area contributed by atoms with Crippen molar-refractivity contribution >= 4 is 5.88 Å². The lowest BCUT2D eigenvalue weighted by molar-refractivity contribution is 0.532. The van der Waals surface area contributed by atoms with Gasteiger partial charge in [0.25, 0.3) is 0 Å². The molecule has 0 bridgehead atoms. The zero-order valence-corrected chi connectivity index (χ0v) is 9.60. The number of oxazole rings is 1. The number of nitriles is 1. The first-order valence-electron chi connectivity index (χ1n) is 5.45. The van der Waals surface area contributed by atoms with E-state index in [1.165, 1.54) is 5.56 Å². The molecule has 2 rings (SSSR count). The zero-order chi connectivity index (χ0) is 12.1. The van der Waals surface area contributed by atoms with Gasteiger partial charge in [0.05, 0.1) is 0 Å². The maximum Gasteiger partial charge on any atom is 0.232 e. The summed E-state index contributed by atoms with van der Waals surface area (Å²) in [6.07, 6.45) is 0.880. The summed E-state index contributed by atoms with van der Waals surface area (Å²) in [6.45, 7) is 2.44. The molecule has 0 atom stereocenters. The number of benzene rings is 1. The SMILES string of the molecule is Cc1nc(C#N)c(NCCc2ccccc2)o1. The van der Waals surface area contributed by atoms with Gasteiger partial charge < -0.3 is 9.73 Å². The van der Waals surface area contributed by atoms with Gasteiger partial charge in [-0.1, -0.05) is 30.3 Å². The van der Waals surface area contributed by atoms with E-state index in [1.807, 2.05) is 24.3 Å². The van der Waals surface area contributed by atoms with Crippen molar-refractivity contribution in [2.24, 2.45) is 0 Å². The van der Waals surface area contributed by atoms with Gasteiger partial charge >= 0.3 is 0 Å². The quantitative estimate of drug-likeness (QED) is 0.871. The fraction of sp³-hybridized carbons (Fsp3) is 0.231. The Morgan fingerprint density at radius 1 is 1.35 bits per heavy atom. The highest BCUT2D eigenvalue weighted by molar-refractivity contribution is 5.45. The number of nitrogens with zero attached hydrogens (tertiary/aromatic N) is 2. The van der Waals surface area contributed by atoms with Crippen molar-refractivity contribution < 1.29 is 4.42 Å². The van der Waals surface area contributed by atoms with Crippen molar-refractivity contribution in [2.45, 2.75) is 13.3 Å². The maximum atomic E-state index is 8.84. The summed E-state index contributed by atoms with van der Waals surface area (Å²) in [7, 11) is 0. The lowest BCUT2D eigenvalue weighted by atomic mass is 10.1. The van der Waals surface area contributed by atoms with Crippen LogP contribution in [0.15, 0.2) is 34.7 Å². The molecule has 0 aliphatic heterocycles. The van der Waals surface area contributed by atoms with Crippen molar-refractivity contribution in [1.29, 1.82) is 5.26 Å². The minimum Gasteiger partial charge on any atom is -0.424 e. The third-order valence-corrected chi connectivity index (χ3v) is 2.38. The van der Waals surface area contributed by atoms with Crippen LogP contribution in [0.1, 0.15) is 17.1 Å². The number of hydrogen-bond donors (Lipinski definition) is 1. The first kappa shape index (κ1) is 11.2. The molecular formula is C13H13N3O. The smallest absolute Gasteiger partial charge is 0.232 e. The van der Waals surface area contributed by atoms with Gasteiger partial charge in [0.15, 0.2) is 5.89 Å². The predicted molar refractivity (Wildman–Crippen MR) is 64.6 cm³/mol. The van der Waals surface area contributed by atoms with E-state index in [1.54, 1.807) is 6.92 Å². The molecule has 1 heterocycles. The predicted octanol–water partition coefficient (Wildman–Crippen LogP) is 2.51. The second-order valence-electron chi connectivity index (χ2n) is 3.68. The maximum absolute atomic E-state index is 8.84. The largest absolute Gasteiger partial charge is 0.424 e. The Labute approximate surface area is 99.9 Å². The Kier molecular flexibility index (Phi) is 3.41. The zero-order valence-electron chi connectivity index (χ0n) is 9.60. The number of hydrogen-bond acceptors (Lipinski definition) is 4. The Morgan fingerprint density at radius 2 is 2.12 bits per heavy atom. The van der Waals surface area contributed by atoms with Gasteiger partial charge in [0.1, 0.15) is 6.07 Å². The average Bonchev–Trinajstić information content (AvgIpc) is 2.71. The molecule has 1 aromatic heterocycles. The highest BCUT2D eigenvalue weighted by Crippen LogP contribution is 2.15. The van der Waals surface area contributed by atoms with Crippen LogP contribution in [0.2, 0.25) is 0 Å². The number of anilines is 1. The molecule has 0 unspecified atom stereocenters. The number of nitrogens with one attached hydrogen (secondary N) is 1.